The number of para-hydroxylation sites is 1. The largest absolute Gasteiger partial charge is 0.481 e. The summed E-state index contributed by atoms with van der Waals surface area (Å²) in [6, 6.07) is 10.3. The number of methoxy groups -OCH3 is 1. The Balaban J connectivity index is 1.49. The van der Waals surface area contributed by atoms with Crippen molar-refractivity contribution in [3.8, 4) is 5.88 Å². The Morgan fingerprint density at radius 2 is 2.10 bits per heavy atom. The standard InChI is InChI=1S/C20H22N6O3S/c1-29-17-7-6-12(10-23-17)24-19(28)26-9-8-15-16(11-26)30-20(25-15,18(22)27)13-4-2-3-5-14(13)21/h2-7,10,25H,8-9,11,21H2,1H3,(H2,22,27)(H,24,28). The predicted octanol–water partition coefficient (Wildman–Crippen LogP) is 1.80. The zero-order valence-corrected chi connectivity index (χ0v) is 17.2. The molecule has 3 heterocycles. The highest BCUT2D eigenvalue weighted by Crippen LogP contribution is 2.49. The third-order valence-electron chi connectivity index (χ3n) is 5.08. The van der Waals surface area contributed by atoms with Crippen molar-refractivity contribution in [2.75, 3.05) is 31.2 Å². The van der Waals surface area contributed by atoms with Crippen molar-refractivity contribution in [1.82, 2.24) is 15.2 Å². The van der Waals surface area contributed by atoms with Crippen molar-refractivity contribution in [2.45, 2.75) is 11.3 Å². The Hall–Kier alpha value is -3.40. The van der Waals surface area contributed by atoms with Gasteiger partial charge in [0.2, 0.25) is 5.88 Å². The fraction of sp³-hybridized carbons (Fsp3) is 0.250. The number of primary amides is 1. The minimum absolute atomic E-state index is 0.245. The third kappa shape index (κ3) is 3.50. The van der Waals surface area contributed by atoms with Crippen molar-refractivity contribution in [2.24, 2.45) is 5.73 Å². The first-order valence-corrected chi connectivity index (χ1v) is 10.1. The molecule has 1 atom stereocenters. The zero-order chi connectivity index (χ0) is 21.3. The smallest absolute Gasteiger partial charge is 0.322 e. The van der Waals surface area contributed by atoms with Gasteiger partial charge in [0.25, 0.3) is 5.91 Å². The average molecular weight is 427 g/mol. The van der Waals surface area contributed by atoms with Crippen LogP contribution in [0.3, 0.4) is 0 Å². The first-order valence-electron chi connectivity index (χ1n) is 9.33. The predicted molar refractivity (Wildman–Crippen MR) is 115 cm³/mol. The molecule has 1 aromatic carbocycles. The number of aromatic nitrogens is 1. The number of nitrogen functional groups attached to an aromatic ring is 1. The van der Waals surface area contributed by atoms with Gasteiger partial charge >= 0.3 is 6.03 Å². The molecule has 1 aromatic heterocycles. The number of hydrogen-bond acceptors (Lipinski definition) is 7. The number of nitrogens with zero attached hydrogens (tertiary/aromatic N) is 2. The SMILES string of the molecule is COc1ccc(NC(=O)N2CCC3=C(C2)SC(C(N)=O)(c2ccccc2N)N3)cn1. The van der Waals surface area contributed by atoms with Crippen LogP contribution in [-0.2, 0) is 9.67 Å². The number of amides is 3. The van der Waals surface area contributed by atoms with Crippen LogP contribution in [0.1, 0.15) is 12.0 Å². The first kappa shape index (κ1) is 19.9. The fourth-order valence-electron chi connectivity index (χ4n) is 3.52. The number of benzene rings is 1. The van der Waals surface area contributed by atoms with E-state index in [0.717, 1.165) is 10.6 Å². The van der Waals surface area contributed by atoms with E-state index in [1.807, 2.05) is 6.07 Å². The van der Waals surface area contributed by atoms with Gasteiger partial charge in [-0.2, -0.15) is 0 Å². The Kier molecular flexibility index (Phi) is 5.17. The molecular formula is C20H22N6O3S. The normalized spacial score (nSPS) is 20.4. The summed E-state index contributed by atoms with van der Waals surface area (Å²) in [6.45, 7) is 0.866. The van der Waals surface area contributed by atoms with Crippen molar-refractivity contribution in [3.63, 3.8) is 0 Å². The highest BCUT2D eigenvalue weighted by molar-refractivity contribution is 8.05. The maximum atomic E-state index is 12.7. The summed E-state index contributed by atoms with van der Waals surface area (Å²) < 4.78 is 5.02. The van der Waals surface area contributed by atoms with E-state index in [4.69, 9.17) is 16.2 Å². The summed E-state index contributed by atoms with van der Waals surface area (Å²) in [6.07, 6.45) is 2.12. The number of hydrogen-bond donors (Lipinski definition) is 4. The number of ether oxygens (including phenoxy) is 1. The summed E-state index contributed by atoms with van der Waals surface area (Å²) in [5, 5.41) is 6.12. The van der Waals surface area contributed by atoms with E-state index in [-0.39, 0.29) is 6.03 Å². The molecule has 10 heteroatoms. The monoisotopic (exact) mass is 426 g/mol. The molecule has 0 saturated heterocycles. The molecule has 0 saturated carbocycles. The van der Waals surface area contributed by atoms with Crippen LogP contribution in [0.25, 0.3) is 0 Å². The lowest BCUT2D eigenvalue weighted by atomic mass is 10.0. The first-order chi connectivity index (χ1) is 14.4. The molecule has 0 radical (unpaired) electrons. The molecule has 2 aliphatic rings. The number of pyridine rings is 1. The molecule has 0 aliphatic carbocycles. The highest BCUT2D eigenvalue weighted by atomic mass is 32.2. The van der Waals surface area contributed by atoms with Gasteiger partial charge in [-0.25, -0.2) is 9.78 Å². The molecular weight excluding hydrogens is 404 g/mol. The molecule has 156 valence electrons. The van der Waals surface area contributed by atoms with Gasteiger partial charge in [-0.05, 0) is 12.1 Å². The molecule has 0 fully saturated rings. The molecule has 1 unspecified atom stereocenters. The van der Waals surface area contributed by atoms with Crippen LogP contribution in [0.5, 0.6) is 5.88 Å². The minimum atomic E-state index is -1.18. The van der Waals surface area contributed by atoms with E-state index >= 15 is 0 Å². The lowest BCUT2D eigenvalue weighted by Gasteiger charge is -2.28. The minimum Gasteiger partial charge on any atom is -0.481 e. The molecule has 2 aromatic rings. The average Bonchev–Trinajstić information content (AvgIpc) is 3.14. The molecule has 4 rings (SSSR count). The van der Waals surface area contributed by atoms with Gasteiger partial charge in [0.1, 0.15) is 0 Å². The van der Waals surface area contributed by atoms with Gasteiger partial charge in [-0.15, -0.1) is 0 Å². The molecule has 0 spiro atoms. The molecule has 9 nitrogen and oxygen atoms in total. The Morgan fingerprint density at radius 3 is 2.77 bits per heavy atom. The maximum Gasteiger partial charge on any atom is 0.322 e. The summed E-state index contributed by atoms with van der Waals surface area (Å²) in [5.74, 6) is -0.0581. The van der Waals surface area contributed by atoms with Crippen molar-refractivity contribution >= 4 is 35.1 Å². The number of thioether (sulfide) groups is 1. The molecule has 6 N–H and O–H groups in total. The number of anilines is 2. The quantitative estimate of drug-likeness (QED) is 0.547. The molecule has 2 aliphatic heterocycles. The topological polar surface area (TPSA) is 136 Å². The number of urea groups is 1. The van der Waals surface area contributed by atoms with E-state index in [1.54, 1.807) is 35.2 Å². The van der Waals surface area contributed by atoms with E-state index < -0.39 is 10.8 Å². The van der Waals surface area contributed by atoms with Gasteiger partial charge in [-0.3, -0.25) is 4.79 Å². The zero-order valence-electron chi connectivity index (χ0n) is 16.3. The van der Waals surface area contributed by atoms with Crippen LogP contribution >= 0.6 is 11.8 Å². The van der Waals surface area contributed by atoms with E-state index in [0.29, 0.717) is 42.3 Å². The van der Waals surface area contributed by atoms with Crippen molar-refractivity contribution < 1.29 is 14.3 Å². The van der Waals surface area contributed by atoms with Crippen LogP contribution in [-0.4, -0.2) is 42.0 Å². The van der Waals surface area contributed by atoms with E-state index in [2.05, 4.69) is 15.6 Å². The highest BCUT2D eigenvalue weighted by Gasteiger charge is 2.48. The number of rotatable bonds is 4. The molecule has 3 amide bonds. The number of carbonyl (C=O) groups excluding carboxylic acids is 2. The van der Waals surface area contributed by atoms with Gasteiger partial charge in [0.15, 0.2) is 4.87 Å². The molecule has 0 bridgehead atoms. The van der Waals surface area contributed by atoms with Gasteiger partial charge in [-0.1, -0.05) is 30.0 Å². The third-order valence-corrected chi connectivity index (χ3v) is 6.53. The van der Waals surface area contributed by atoms with Crippen LogP contribution in [0.15, 0.2) is 53.2 Å². The van der Waals surface area contributed by atoms with Crippen LogP contribution in [0, 0.1) is 0 Å². The van der Waals surface area contributed by atoms with Crippen LogP contribution in [0.2, 0.25) is 0 Å². The number of nitrogens with one attached hydrogen (secondary N) is 2. The fourth-order valence-corrected chi connectivity index (χ4v) is 4.96. The van der Waals surface area contributed by atoms with E-state index in [1.165, 1.54) is 25.1 Å². The van der Waals surface area contributed by atoms with Gasteiger partial charge in [0, 0.05) is 40.9 Å². The Morgan fingerprint density at radius 1 is 1.30 bits per heavy atom. The van der Waals surface area contributed by atoms with Crippen LogP contribution < -0.4 is 26.8 Å². The second-order valence-electron chi connectivity index (χ2n) is 6.95. The van der Waals surface area contributed by atoms with Crippen LogP contribution in [0.4, 0.5) is 16.2 Å². The Labute approximate surface area is 177 Å². The summed E-state index contributed by atoms with van der Waals surface area (Å²) >= 11 is 1.31. The number of carbonyl (C=O) groups is 2. The summed E-state index contributed by atoms with van der Waals surface area (Å²) in [4.78, 5) is 30.7. The van der Waals surface area contributed by atoms with Crippen molar-refractivity contribution in [1.29, 1.82) is 0 Å². The summed E-state index contributed by atoms with van der Waals surface area (Å²) in [7, 11) is 1.53. The van der Waals surface area contributed by atoms with Crippen molar-refractivity contribution in [3.05, 3.63) is 58.8 Å². The maximum absolute atomic E-state index is 12.7. The molecule has 30 heavy (non-hydrogen) atoms. The van der Waals surface area contributed by atoms with Gasteiger partial charge < -0.3 is 31.7 Å². The second kappa shape index (κ2) is 7.79. The van der Waals surface area contributed by atoms with E-state index in [9.17, 15) is 9.59 Å². The number of nitrogens with two attached hydrogens (primary N) is 2. The lowest BCUT2D eigenvalue weighted by molar-refractivity contribution is -0.121. The Bertz CT molecular complexity index is 1030. The summed E-state index contributed by atoms with van der Waals surface area (Å²) in [5.41, 5.74) is 14.5. The second-order valence-corrected chi connectivity index (χ2v) is 8.26. The lowest BCUT2D eigenvalue weighted by Crippen LogP contribution is -2.47. The van der Waals surface area contributed by atoms with Gasteiger partial charge in [0.05, 0.1) is 25.5 Å².